The molecule has 1 rings (SSSR count). The molecular weight excluding hydrogens is 228 g/mol. The largest absolute Gasteiger partial charge is 0.481 e. The molecule has 0 radical (unpaired) electrons. The number of rotatable bonds is 5. The van der Waals surface area contributed by atoms with E-state index < -0.39 is 12.1 Å². The number of ether oxygens (including phenoxy) is 4. The maximum Gasteiger partial charge on any atom is 0.346 e. The van der Waals surface area contributed by atoms with Gasteiger partial charge in [-0.15, -0.1) is 0 Å². The lowest BCUT2D eigenvalue weighted by Gasteiger charge is -2.11. The number of hydrogen-bond acceptors (Lipinski definition) is 7. The highest BCUT2D eigenvalue weighted by Crippen LogP contribution is 2.19. The highest BCUT2D eigenvalue weighted by Gasteiger charge is 2.17. The zero-order valence-corrected chi connectivity index (χ0v) is 10.1. The van der Waals surface area contributed by atoms with E-state index in [1.807, 2.05) is 0 Å². The smallest absolute Gasteiger partial charge is 0.346 e. The van der Waals surface area contributed by atoms with Gasteiger partial charge in [-0.2, -0.15) is 9.97 Å². The van der Waals surface area contributed by atoms with Crippen LogP contribution in [-0.2, 0) is 9.53 Å². The van der Waals surface area contributed by atoms with Gasteiger partial charge in [-0.3, -0.25) is 0 Å². The minimum atomic E-state index is -0.809. The Bertz CT molecular complexity index is 374. The second kappa shape index (κ2) is 5.88. The second-order valence-corrected chi connectivity index (χ2v) is 3.02. The van der Waals surface area contributed by atoms with Crippen molar-refractivity contribution < 1.29 is 23.7 Å². The molecule has 1 unspecified atom stereocenters. The summed E-state index contributed by atoms with van der Waals surface area (Å²) >= 11 is 0. The molecule has 0 aromatic carbocycles. The first-order chi connectivity index (χ1) is 8.10. The average molecular weight is 242 g/mol. The lowest BCUT2D eigenvalue weighted by molar-refractivity contribution is -0.148. The summed E-state index contributed by atoms with van der Waals surface area (Å²) in [5, 5.41) is 0. The Morgan fingerprint density at radius 3 is 2.12 bits per heavy atom. The van der Waals surface area contributed by atoms with E-state index in [2.05, 4.69) is 14.7 Å². The number of hydrogen-bond donors (Lipinski definition) is 0. The third-order valence-electron chi connectivity index (χ3n) is 1.89. The zero-order chi connectivity index (χ0) is 12.8. The maximum atomic E-state index is 11.2. The van der Waals surface area contributed by atoms with Crippen LogP contribution in [0.5, 0.6) is 17.8 Å². The van der Waals surface area contributed by atoms with Gasteiger partial charge in [-0.05, 0) is 6.92 Å². The van der Waals surface area contributed by atoms with Crippen molar-refractivity contribution in [3.05, 3.63) is 6.07 Å². The third-order valence-corrected chi connectivity index (χ3v) is 1.89. The first kappa shape index (κ1) is 13.0. The Kier molecular flexibility index (Phi) is 4.50. The minimum absolute atomic E-state index is 0.0147. The lowest BCUT2D eigenvalue weighted by atomic mass is 10.4. The van der Waals surface area contributed by atoms with Crippen LogP contribution in [0.2, 0.25) is 0 Å². The molecule has 0 saturated carbocycles. The van der Waals surface area contributed by atoms with Gasteiger partial charge in [0.25, 0.3) is 0 Å². The summed E-state index contributed by atoms with van der Waals surface area (Å²) in [7, 11) is 4.18. The molecule has 7 nitrogen and oxygen atoms in total. The SMILES string of the molecule is COC(=O)C(C)Oc1nc(OC)cc(OC)n1. The molecule has 0 aliphatic heterocycles. The second-order valence-electron chi connectivity index (χ2n) is 3.02. The summed E-state index contributed by atoms with van der Waals surface area (Å²) in [5.74, 6) is 0.0446. The van der Waals surface area contributed by atoms with E-state index in [1.165, 1.54) is 34.3 Å². The molecule has 1 heterocycles. The van der Waals surface area contributed by atoms with Gasteiger partial charge in [-0.25, -0.2) is 4.79 Å². The van der Waals surface area contributed by atoms with Gasteiger partial charge in [0.1, 0.15) is 0 Å². The minimum Gasteiger partial charge on any atom is -0.481 e. The van der Waals surface area contributed by atoms with Crippen molar-refractivity contribution >= 4 is 5.97 Å². The molecular formula is C10H14N2O5. The van der Waals surface area contributed by atoms with Crippen LogP contribution in [-0.4, -0.2) is 43.4 Å². The lowest BCUT2D eigenvalue weighted by Crippen LogP contribution is -2.25. The van der Waals surface area contributed by atoms with Crippen LogP contribution in [0.15, 0.2) is 6.07 Å². The maximum absolute atomic E-state index is 11.2. The van der Waals surface area contributed by atoms with Gasteiger partial charge >= 0.3 is 12.0 Å². The van der Waals surface area contributed by atoms with Crippen LogP contribution in [0.3, 0.4) is 0 Å². The fourth-order valence-electron chi connectivity index (χ4n) is 1.02. The van der Waals surface area contributed by atoms with E-state index >= 15 is 0 Å². The van der Waals surface area contributed by atoms with E-state index in [-0.39, 0.29) is 17.8 Å². The quantitative estimate of drug-likeness (QED) is 0.693. The molecule has 94 valence electrons. The van der Waals surface area contributed by atoms with Crippen molar-refractivity contribution in [1.82, 2.24) is 9.97 Å². The van der Waals surface area contributed by atoms with Crippen molar-refractivity contribution in [1.29, 1.82) is 0 Å². The fraction of sp³-hybridized carbons (Fsp3) is 0.500. The summed E-state index contributed by atoms with van der Waals surface area (Å²) in [6, 6.07) is 1.48. The molecule has 0 aliphatic rings. The van der Waals surface area contributed by atoms with Gasteiger partial charge in [0.15, 0.2) is 6.10 Å². The van der Waals surface area contributed by atoms with E-state index in [1.54, 1.807) is 0 Å². The normalized spacial score (nSPS) is 11.5. The van der Waals surface area contributed by atoms with Gasteiger partial charge in [-0.1, -0.05) is 0 Å². The van der Waals surface area contributed by atoms with Gasteiger partial charge in [0, 0.05) is 0 Å². The predicted molar refractivity (Wildman–Crippen MR) is 57.2 cm³/mol. The van der Waals surface area contributed by atoms with Gasteiger partial charge < -0.3 is 18.9 Å². The van der Waals surface area contributed by atoms with Crippen molar-refractivity contribution in [2.24, 2.45) is 0 Å². The summed E-state index contributed by atoms with van der Waals surface area (Å²) in [4.78, 5) is 19.0. The summed E-state index contributed by atoms with van der Waals surface area (Å²) in [5.41, 5.74) is 0. The first-order valence-corrected chi connectivity index (χ1v) is 4.82. The number of carbonyl (C=O) groups excluding carboxylic acids is 1. The monoisotopic (exact) mass is 242 g/mol. The van der Waals surface area contributed by atoms with Crippen LogP contribution >= 0.6 is 0 Å². The Labute approximate surface area is 98.7 Å². The van der Waals surface area contributed by atoms with Crippen LogP contribution in [0, 0.1) is 0 Å². The molecule has 1 atom stereocenters. The third kappa shape index (κ3) is 3.47. The zero-order valence-electron chi connectivity index (χ0n) is 10.1. The van der Waals surface area contributed by atoms with Crippen molar-refractivity contribution in [3.8, 4) is 17.8 Å². The Morgan fingerprint density at radius 1 is 1.18 bits per heavy atom. The molecule has 0 spiro atoms. The molecule has 0 aliphatic carbocycles. The molecule has 1 aromatic heterocycles. The van der Waals surface area contributed by atoms with Gasteiger partial charge in [0.05, 0.1) is 27.4 Å². The molecule has 7 heteroatoms. The van der Waals surface area contributed by atoms with Crippen molar-refractivity contribution in [3.63, 3.8) is 0 Å². The number of carbonyl (C=O) groups is 1. The number of aromatic nitrogens is 2. The Balaban J connectivity index is 2.86. The average Bonchev–Trinajstić information content (AvgIpc) is 2.36. The molecule has 0 fully saturated rings. The van der Waals surface area contributed by atoms with Crippen LogP contribution < -0.4 is 14.2 Å². The van der Waals surface area contributed by atoms with Gasteiger partial charge in [0.2, 0.25) is 11.8 Å². The van der Waals surface area contributed by atoms with Crippen LogP contribution in [0.4, 0.5) is 0 Å². The van der Waals surface area contributed by atoms with Crippen LogP contribution in [0.1, 0.15) is 6.92 Å². The van der Waals surface area contributed by atoms with E-state index in [4.69, 9.17) is 14.2 Å². The van der Waals surface area contributed by atoms with Crippen LogP contribution in [0.25, 0.3) is 0 Å². The number of nitrogens with zero attached hydrogens (tertiary/aromatic N) is 2. The van der Waals surface area contributed by atoms with E-state index in [0.717, 1.165) is 0 Å². The van der Waals surface area contributed by atoms with Crippen molar-refractivity contribution in [2.45, 2.75) is 13.0 Å². The topological polar surface area (TPSA) is 79.8 Å². The Morgan fingerprint density at radius 2 is 1.71 bits per heavy atom. The number of methoxy groups -OCH3 is 3. The van der Waals surface area contributed by atoms with E-state index in [0.29, 0.717) is 0 Å². The summed E-state index contributed by atoms with van der Waals surface area (Å²) in [6.07, 6.45) is -0.809. The fourth-order valence-corrected chi connectivity index (χ4v) is 1.02. The molecule has 17 heavy (non-hydrogen) atoms. The summed E-state index contributed by atoms with van der Waals surface area (Å²) in [6.45, 7) is 1.53. The first-order valence-electron chi connectivity index (χ1n) is 4.82. The molecule has 0 amide bonds. The standard InChI is InChI=1S/C10H14N2O5/c1-6(9(13)16-4)17-10-11-7(14-2)5-8(12-10)15-3/h5-6H,1-4H3. The highest BCUT2D eigenvalue weighted by atomic mass is 16.6. The molecule has 0 bridgehead atoms. The summed E-state index contributed by atoms with van der Waals surface area (Å²) < 4.78 is 19.6. The number of esters is 1. The molecule has 0 saturated heterocycles. The van der Waals surface area contributed by atoms with E-state index in [9.17, 15) is 4.79 Å². The predicted octanol–water partition coefficient (Wildman–Crippen LogP) is 0.434. The molecule has 0 N–H and O–H groups in total. The highest BCUT2D eigenvalue weighted by molar-refractivity contribution is 5.74. The Hall–Kier alpha value is -2.05. The molecule has 1 aromatic rings. The van der Waals surface area contributed by atoms with Crippen molar-refractivity contribution in [2.75, 3.05) is 21.3 Å².